The minimum Gasteiger partial charge on any atom is -0.295 e. The zero-order valence-corrected chi connectivity index (χ0v) is 10.8. The van der Waals surface area contributed by atoms with Gasteiger partial charge < -0.3 is 0 Å². The van der Waals surface area contributed by atoms with Gasteiger partial charge in [0.25, 0.3) is 0 Å². The fourth-order valence-electron chi connectivity index (χ4n) is 2.28. The van der Waals surface area contributed by atoms with Gasteiger partial charge in [0.15, 0.2) is 11.6 Å². The van der Waals surface area contributed by atoms with Crippen molar-refractivity contribution in [2.45, 2.75) is 38.5 Å². The third-order valence-electron chi connectivity index (χ3n) is 3.38. The quantitative estimate of drug-likeness (QED) is 0.773. The molecule has 3 heteroatoms. The van der Waals surface area contributed by atoms with E-state index in [0.717, 1.165) is 25.7 Å². The number of carbonyl (C=O) groups excluding carboxylic acids is 2. The molecule has 2 nitrogen and oxygen atoms in total. The molecule has 100 valence electrons. The van der Waals surface area contributed by atoms with E-state index in [4.69, 9.17) is 0 Å². The monoisotopic (exact) mass is 260 g/mol. The van der Waals surface area contributed by atoms with Crippen molar-refractivity contribution in [2.75, 3.05) is 0 Å². The maximum atomic E-state index is 13.5. The maximum absolute atomic E-state index is 13.5. The Hall–Kier alpha value is -1.77. The summed E-state index contributed by atoms with van der Waals surface area (Å²) in [5, 5.41) is 0. The topological polar surface area (TPSA) is 34.1 Å². The highest BCUT2D eigenvalue weighted by Gasteiger charge is 2.18. The molecule has 0 aliphatic heterocycles. The smallest absolute Gasteiger partial charge is 0.170 e. The first-order valence-corrected chi connectivity index (χ1v) is 6.68. The molecule has 0 unspecified atom stereocenters. The summed E-state index contributed by atoms with van der Waals surface area (Å²) in [4.78, 5) is 23.9. The number of hydrogen-bond acceptors (Lipinski definition) is 2. The van der Waals surface area contributed by atoms with Gasteiger partial charge in [0.2, 0.25) is 0 Å². The van der Waals surface area contributed by atoms with E-state index in [9.17, 15) is 14.0 Å². The molecular weight excluding hydrogens is 243 g/mol. The number of rotatable bonds is 3. The second-order valence-electron chi connectivity index (χ2n) is 4.83. The number of allylic oxidation sites excluding steroid dienone is 2. The van der Waals surface area contributed by atoms with Crippen LogP contribution in [0.5, 0.6) is 0 Å². The molecule has 1 aliphatic rings. The third-order valence-corrected chi connectivity index (χ3v) is 3.38. The summed E-state index contributed by atoms with van der Waals surface area (Å²) in [6, 6.07) is 5.91. The van der Waals surface area contributed by atoms with Gasteiger partial charge in [-0.1, -0.05) is 24.6 Å². The Bertz CT molecular complexity index is 517. The number of ketones is 2. The maximum Gasteiger partial charge on any atom is 0.170 e. The molecule has 0 saturated carbocycles. The fraction of sp³-hybridized carbons (Fsp3) is 0.375. The lowest BCUT2D eigenvalue weighted by Crippen LogP contribution is -2.11. The van der Waals surface area contributed by atoms with E-state index in [1.165, 1.54) is 12.1 Å². The minimum atomic E-state index is -0.522. The van der Waals surface area contributed by atoms with E-state index < -0.39 is 5.82 Å². The van der Waals surface area contributed by atoms with Gasteiger partial charge in [-0.2, -0.15) is 0 Å². The molecule has 0 amide bonds. The van der Waals surface area contributed by atoms with Crippen LogP contribution in [-0.2, 0) is 4.79 Å². The first kappa shape index (κ1) is 13.7. The molecule has 0 aromatic heterocycles. The molecule has 0 radical (unpaired) electrons. The van der Waals surface area contributed by atoms with Crippen LogP contribution >= 0.6 is 0 Å². The Morgan fingerprint density at radius 1 is 1.16 bits per heavy atom. The zero-order valence-electron chi connectivity index (χ0n) is 10.8. The van der Waals surface area contributed by atoms with Gasteiger partial charge in [-0.05, 0) is 37.0 Å². The van der Waals surface area contributed by atoms with Gasteiger partial charge in [0.1, 0.15) is 5.82 Å². The van der Waals surface area contributed by atoms with Crippen LogP contribution in [0.4, 0.5) is 4.39 Å². The molecule has 0 heterocycles. The normalized spacial score (nSPS) is 16.5. The Morgan fingerprint density at radius 2 is 1.95 bits per heavy atom. The van der Waals surface area contributed by atoms with Crippen molar-refractivity contribution in [2.24, 2.45) is 0 Å². The van der Waals surface area contributed by atoms with E-state index in [1.54, 1.807) is 12.1 Å². The van der Waals surface area contributed by atoms with E-state index in [0.29, 0.717) is 12.0 Å². The molecule has 19 heavy (non-hydrogen) atoms. The van der Waals surface area contributed by atoms with Gasteiger partial charge in [-0.3, -0.25) is 9.59 Å². The molecular formula is C16H17FO2. The summed E-state index contributed by atoms with van der Waals surface area (Å²) >= 11 is 0. The van der Waals surface area contributed by atoms with Crippen LogP contribution in [0.15, 0.2) is 35.9 Å². The van der Waals surface area contributed by atoms with Crippen molar-refractivity contribution in [3.8, 4) is 0 Å². The van der Waals surface area contributed by atoms with Gasteiger partial charge in [0.05, 0.1) is 5.56 Å². The lowest BCUT2D eigenvalue weighted by molar-refractivity contribution is -0.115. The van der Waals surface area contributed by atoms with Crippen molar-refractivity contribution < 1.29 is 14.0 Å². The van der Waals surface area contributed by atoms with E-state index in [1.807, 2.05) is 6.08 Å². The molecule has 0 atom stereocenters. The van der Waals surface area contributed by atoms with E-state index in [-0.39, 0.29) is 23.6 Å². The van der Waals surface area contributed by atoms with E-state index in [2.05, 4.69) is 0 Å². The second kappa shape index (κ2) is 6.41. The highest BCUT2D eigenvalue weighted by molar-refractivity contribution is 6.05. The van der Waals surface area contributed by atoms with Crippen LogP contribution in [-0.4, -0.2) is 11.6 Å². The predicted octanol–water partition coefficient (Wildman–Crippen LogP) is 3.86. The number of Topliss-reactive ketones (excluding diaryl/α,β-unsaturated/α-hetero) is 2. The Morgan fingerprint density at radius 3 is 2.74 bits per heavy atom. The molecule has 0 saturated heterocycles. The second-order valence-corrected chi connectivity index (χ2v) is 4.83. The average molecular weight is 260 g/mol. The Kier molecular flexibility index (Phi) is 4.61. The molecule has 1 aliphatic carbocycles. The van der Waals surface area contributed by atoms with Crippen LogP contribution in [0.2, 0.25) is 0 Å². The minimum absolute atomic E-state index is 0.0137. The fourth-order valence-corrected chi connectivity index (χ4v) is 2.28. The summed E-state index contributed by atoms with van der Waals surface area (Å²) < 4.78 is 13.5. The van der Waals surface area contributed by atoms with Crippen molar-refractivity contribution >= 4 is 11.6 Å². The van der Waals surface area contributed by atoms with Crippen LogP contribution in [0.25, 0.3) is 0 Å². The highest BCUT2D eigenvalue weighted by Crippen LogP contribution is 2.19. The van der Waals surface area contributed by atoms with Crippen LogP contribution < -0.4 is 0 Å². The molecule has 0 fully saturated rings. The Balaban J connectivity index is 2.13. The summed E-state index contributed by atoms with van der Waals surface area (Å²) in [6.07, 6.45) is 6.16. The first-order valence-electron chi connectivity index (χ1n) is 6.68. The van der Waals surface area contributed by atoms with Crippen molar-refractivity contribution in [1.29, 1.82) is 0 Å². The number of halogens is 1. The number of benzene rings is 1. The molecule has 0 bridgehead atoms. The Labute approximate surface area is 112 Å². The van der Waals surface area contributed by atoms with Crippen molar-refractivity contribution in [1.82, 2.24) is 0 Å². The predicted molar refractivity (Wildman–Crippen MR) is 71.5 cm³/mol. The molecule has 1 aromatic carbocycles. The van der Waals surface area contributed by atoms with Gasteiger partial charge in [-0.15, -0.1) is 0 Å². The van der Waals surface area contributed by atoms with Gasteiger partial charge >= 0.3 is 0 Å². The van der Waals surface area contributed by atoms with Crippen molar-refractivity contribution in [3.63, 3.8) is 0 Å². The first-order chi connectivity index (χ1) is 9.18. The lowest BCUT2D eigenvalue weighted by atomic mass is 9.93. The molecule has 0 spiro atoms. The summed E-state index contributed by atoms with van der Waals surface area (Å²) in [5.74, 6) is -0.811. The SMILES string of the molecule is O=C1CCCCCC=C1CC(=O)c1ccccc1F. The van der Waals surface area contributed by atoms with Gasteiger partial charge in [-0.25, -0.2) is 4.39 Å². The molecule has 2 rings (SSSR count). The molecule has 1 aromatic rings. The summed E-state index contributed by atoms with van der Waals surface area (Å²) in [6.45, 7) is 0. The third kappa shape index (κ3) is 3.60. The zero-order chi connectivity index (χ0) is 13.7. The standard InChI is InChI=1S/C16H17FO2/c17-14-9-6-5-8-13(14)16(19)11-12-7-3-1-2-4-10-15(12)18/h5-9H,1-4,10-11H2. The average Bonchev–Trinajstić information content (AvgIpc) is 2.39. The van der Waals surface area contributed by atoms with Crippen LogP contribution in [0, 0.1) is 5.82 Å². The lowest BCUT2D eigenvalue weighted by Gasteiger charge is -2.10. The highest BCUT2D eigenvalue weighted by atomic mass is 19.1. The number of hydrogen-bond donors (Lipinski definition) is 0. The summed E-state index contributed by atoms with van der Waals surface area (Å²) in [5.41, 5.74) is 0.617. The van der Waals surface area contributed by atoms with Crippen LogP contribution in [0.3, 0.4) is 0 Å². The van der Waals surface area contributed by atoms with Gasteiger partial charge in [0, 0.05) is 12.8 Å². The largest absolute Gasteiger partial charge is 0.295 e. The van der Waals surface area contributed by atoms with E-state index >= 15 is 0 Å². The molecule has 0 N–H and O–H groups in total. The van der Waals surface area contributed by atoms with Crippen molar-refractivity contribution in [3.05, 3.63) is 47.3 Å². The summed E-state index contributed by atoms with van der Waals surface area (Å²) in [7, 11) is 0. The van der Waals surface area contributed by atoms with Crippen LogP contribution in [0.1, 0.15) is 48.9 Å². The number of carbonyl (C=O) groups is 2.